The highest BCUT2D eigenvalue weighted by atomic mass is 35.5. The van der Waals surface area contributed by atoms with Crippen LogP contribution in [0.1, 0.15) is 24.4 Å². The Bertz CT molecular complexity index is 390. The van der Waals surface area contributed by atoms with Crippen LogP contribution in [0.4, 0.5) is 4.39 Å². The van der Waals surface area contributed by atoms with Crippen molar-refractivity contribution in [2.75, 3.05) is 32.8 Å². The fourth-order valence-electron chi connectivity index (χ4n) is 2.62. The molecule has 0 aliphatic carbocycles. The molecule has 1 atom stereocenters. The summed E-state index contributed by atoms with van der Waals surface area (Å²) in [4.78, 5) is 2.25. The lowest BCUT2D eigenvalue weighted by Gasteiger charge is -2.35. The van der Waals surface area contributed by atoms with Crippen LogP contribution in [0.3, 0.4) is 0 Å². The number of hydrogen-bond donors (Lipinski definition) is 2. The number of hydrogen-bond acceptors (Lipinski definition) is 3. The molecule has 0 radical (unpaired) electrons. The molecule has 0 amide bonds. The Balaban J connectivity index is 2.25. The highest BCUT2D eigenvalue weighted by Crippen LogP contribution is 2.33. The number of aliphatic hydroxyl groups is 1. The largest absolute Gasteiger partial charge is 0.396 e. The Kier molecular flexibility index (Phi) is 5.58. The van der Waals surface area contributed by atoms with Crippen LogP contribution in [0.25, 0.3) is 0 Å². The number of benzene rings is 1. The maximum Gasteiger partial charge on any atom is 0.129 e. The highest BCUT2D eigenvalue weighted by Gasteiger charge is 2.26. The quantitative estimate of drug-likeness (QED) is 0.871. The van der Waals surface area contributed by atoms with Crippen molar-refractivity contribution in [1.82, 2.24) is 10.2 Å². The van der Waals surface area contributed by atoms with E-state index >= 15 is 0 Å². The molecule has 106 valence electrons. The fourth-order valence-corrected chi connectivity index (χ4v) is 2.91. The number of nitrogens with zero attached hydrogens (tertiary/aromatic N) is 1. The van der Waals surface area contributed by atoms with Crippen molar-refractivity contribution in [3.63, 3.8) is 0 Å². The first kappa shape index (κ1) is 14.7. The molecule has 0 aromatic heterocycles. The molecule has 1 aromatic rings. The molecule has 19 heavy (non-hydrogen) atoms. The van der Waals surface area contributed by atoms with Crippen molar-refractivity contribution in [3.05, 3.63) is 34.6 Å². The molecule has 1 saturated heterocycles. The number of rotatable bonds is 5. The molecule has 5 heteroatoms. The van der Waals surface area contributed by atoms with E-state index in [4.69, 9.17) is 16.7 Å². The van der Waals surface area contributed by atoms with E-state index in [1.165, 1.54) is 6.07 Å². The zero-order chi connectivity index (χ0) is 13.7. The van der Waals surface area contributed by atoms with E-state index in [9.17, 15) is 4.39 Å². The maximum atomic E-state index is 14.1. The Morgan fingerprint density at radius 3 is 2.74 bits per heavy atom. The van der Waals surface area contributed by atoms with Crippen molar-refractivity contribution in [1.29, 1.82) is 0 Å². The second-order valence-corrected chi connectivity index (χ2v) is 5.21. The van der Waals surface area contributed by atoms with Gasteiger partial charge in [0, 0.05) is 49.4 Å². The van der Waals surface area contributed by atoms with Gasteiger partial charge in [-0.2, -0.15) is 0 Å². The Morgan fingerprint density at radius 2 is 2.11 bits per heavy atom. The number of piperazine rings is 1. The minimum absolute atomic E-state index is 0.0528. The lowest BCUT2D eigenvalue weighted by atomic mass is 9.99. The zero-order valence-electron chi connectivity index (χ0n) is 10.9. The SMILES string of the molecule is OCCC[C@@H](c1c(F)cccc1Cl)N1CCNCC1. The zero-order valence-corrected chi connectivity index (χ0v) is 11.7. The summed E-state index contributed by atoms with van der Waals surface area (Å²) in [6.07, 6.45) is 1.37. The third-order valence-corrected chi connectivity index (χ3v) is 3.89. The van der Waals surface area contributed by atoms with Gasteiger partial charge in [0.25, 0.3) is 0 Å². The Morgan fingerprint density at radius 1 is 1.37 bits per heavy atom. The smallest absolute Gasteiger partial charge is 0.129 e. The van der Waals surface area contributed by atoms with Crippen LogP contribution in [0, 0.1) is 5.82 Å². The molecule has 1 aliphatic heterocycles. The van der Waals surface area contributed by atoms with Gasteiger partial charge in [-0.3, -0.25) is 4.90 Å². The van der Waals surface area contributed by atoms with Crippen molar-refractivity contribution >= 4 is 11.6 Å². The van der Waals surface area contributed by atoms with E-state index in [0.29, 0.717) is 17.0 Å². The van der Waals surface area contributed by atoms with Gasteiger partial charge in [-0.05, 0) is 25.0 Å². The first-order chi connectivity index (χ1) is 9.24. The van der Waals surface area contributed by atoms with E-state index in [-0.39, 0.29) is 18.5 Å². The normalized spacial score (nSPS) is 18.5. The van der Waals surface area contributed by atoms with Gasteiger partial charge in [0.1, 0.15) is 5.82 Å². The lowest BCUT2D eigenvalue weighted by Crippen LogP contribution is -2.45. The molecule has 0 saturated carbocycles. The van der Waals surface area contributed by atoms with Crippen LogP contribution in [0.15, 0.2) is 18.2 Å². The van der Waals surface area contributed by atoms with Gasteiger partial charge in [0.2, 0.25) is 0 Å². The van der Waals surface area contributed by atoms with Gasteiger partial charge in [0.15, 0.2) is 0 Å². The summed E-state index contributed by atoms with van der Waals surface area (Å²) in [5.41, 5.74) is 0.569. The van der Waals surface area contributed by atoms with Gasteiger partial charge in [-0.15, -0.1) is 0 Å². The summed E-state index contributed by atoms with van der Waals surface area (Å²) >= 11 is 6.18. The van der Waals surface area contributed by atoms with Crippen molar-refractivity contribution in [2.24, 2.45) is 0 Å². The first-order valence-electron chi connectivity index (χ1n) is 6.73. The van der Waals surface area contributed by atoms with E-state index in [2.05, 4.69) is 10.2 Å². The Hall–Kier alpha value is -0.680. The monoisotopic (exact) mass is 286 g/mol. The van der Waals surface area contributed by atoms with Crippen LogP contribution >= 0.6 is 11.6 Å². The summed E-state index contributed by atoms with van der Waals surface area (Å²) in [5, 5.41) is 12.8. The molecule has 1 fully saturated rings. The number of aliphatic hydroxyl groups excluding tert-OH is 1. The molecule has 0 bridgehead atoms. The minimum atomic E-state index is -0.256. The number of halogens is 2. The highest BCUT2D eigenvalue weighted by molar-refractivity contribution is 6.31. The minimum Gasteiger partial charge on any atom is -0.396 e. The predicted molar refractivity (Wildman–Crippen MR) is 74.9 cm³/mol. The standard InChI is InChI=1S/C14H20ClFN2O/c15-11-3-1-4-12(16)14(11)13(5-2-10-19)18-8-6-17-7-9-18/h1,3-4,13,17,19H,2,5-10H2/t13-/m0/s1. The van der Waals surface area contributed by atoms with Crippen LogP contribution in [-0.2, 0) is 0 Å². The van der Waals surface area contributed by atoms with Crippen molar-refractivity contribution in [2.45, 2.75) is 18.9 Å². The van der Waals surface area contributed by atoms with Gasteiger partial charge >= 0.3 is 0 Å². The third-order valence-electron chi connectivity index (χ3n) is 3.56. The molecule has 1 heterocycles. The van der Waals surface area contributed by atoms with Crippen LogP contribution in [-0.4, -0.2) is 42.8 Å². The molecule has 0 unspecified atom stereocenters. The Labute approximate surface area is 118 Å². The summed E-state index contributed by atoms with van der Waals surface area (Å²) in [5.74, 6) is -0.256. The van der Waals surface area contributed by atoms with Gasteiger partial charge in [0.05, 0.1) is 0 Å². The first-order valence-corrected chi connectivity index (χ1v) is 7.11. The summed E-state index contributed by atoms with van der Waals surface area (Å²) in [7, 11) is 0. The lowest BCUT2D eigenvalue weighted by molar-refractivity contribution is 0.152. The maximum absolute atomic E-state index is 14.1. The predicted octanol–water partition coefficient (Wildman–Crippen LogP) is 2.20. The second kappa shape index (κ2) is 7.20. The fraction of sp³-hybridized carbons (Fsp3) is 0.571. The molecule has 1 aromatic carbocycles. The number of nitrogens with one attached hydrogen (secondary N) is 1. The van der Waals surface area contributed by atoms with Gasteiger partial charge in [-0.25, -0.2) is 4.39 Å². The van der Waals surface area contributed by atoms with E-state index in [1.807, 2.05) is 0 Å². The molecule has 2 N–H and O–H groups in total. The molecule has 1 aliphatic rings. The second-order valence-electron chi connectivity index (χ2n) is 4.80. The molecule has 0 spiro atoms. The van der Waals surface area contributed by atoms with Crippen LogP contribution < -0.4 is 5.32 Å². The van der Waals surface area contributed by atoms with E-state index in [1.54, 1.807) is 12.1 Å². The van der Waals surface area contributed by atoms with Crippen molar-refractivity contribution < 1.29 is 9.50 Å². The summed E-state index contributed by atoms with van der Waals surface area (Å²) in [6, 6.07) is 4.76. The molecular formula is C14H20ClFN2O. The van der Waals surface area contributed by atoms with Crippen LogP contribution in [0.2, 0.25) is 5.02 Å². The summed E-state index contributed by atoms with van der Waals surface area (Å²) in [6.45, 7) is 3.68. The molecule has 3 nitrogen and oxygen atoms in total. The topological polar surface area (TPSA) is 35.5 Å². The average Bonchev–Trinajstić information content (AvgIpc) is 2.43. The molecule has 2 rings (SSSR count). The van der Waals surface area contributed by atoms with Gasteiger partial charge < -0.3 is 10.4 Å². The van der Waals surface area contributed by atoms with Crippen LogP contribution in [0.5, 0.6) is 0 Å². The average molecular weight is 287 g/mol. The van der Waals surface area contributed by atoms with Crippen molar-refractivity contribution in [3.8, 4) is 0 Å². The van der Waals surface area contributed by atoms with E-state index in [0.717, 1.165) is 32.6 Å². The summed E-state index contributed by atoms with van der Waals surface area (Å²) < 4.78 is 14.1. The molecular weight excluding hydrogens is 267 g/mol. The van der Waals surface area contributed by atoms with Gasteiger partial charge in [-0.1, -0.05) is 17.7 Å². The van der Waals surface area contributed by atoms with E-state index < -0.39 is 0 Å². The third kappa shape index (κ3) is 3.66.